The van der Waals surface area contributed by atoms with E-state index in [1.807, 2.05) is 6.07 Å². The average molecular weight is 317 g/mol. The molecule has 0 saturated carbocycles. The van der Waals surface area contributed by atoms with Crippen LogP contribution in [-0.2, 0) is 0 Å². The zero-order valence-corrected chi connectivity index (χ0v) is 11.8. The summed E-state index contributed by atoms with van der Waals surface area (Å²) in [4.78, 5) is 10.2. The molecule has 8 nitrogen and oxygen atoms in total. The van der Waals surface area contributed by atoms with Crippen molar-refractivity contribution < 1.29 is 4.92 Å². The highest BCUT2D eigenvalue weighted by molar-refractivity contribution is 6.32. The zero-order valence-electron chi connectivity index (χ0n) is 11.0. The van der Waals surface area contributed by atoms with Crippen molar-refractivity contribution in [3.8, 4) is 5.69 Å². The van der Waals surface area contributed by atoms with Gasteiger partial charge in [-0.1, -0.05) is 28.8 Å². The van der Waals surface area contributed by atoms with Gasteiger partial charge in [0.15, 0.2) is 0 Å². The lowest BCUT2D eigenvalue weighted by molar-refractivity contribution is -0.384. The third-order valence-electron chi connectivity index (χ3n) is 2.88. The number of tetrazole rings is 1. The highest BCUT2D eigenvalue weighted by atomic mass is 35.5. The molecule has 0 saturated heterocycles. The maximum absolute atomic E-state index is 10.6. The van der Waals surface area contributed by atoms with Gasteiger partial charge in [0.2, 0.25) is 0 Å². The van der Waals surface area contributed by atoms with E-state index in [1.54, 1.807) is 30.3 Å². The normalized spacial score (nSPS) is 10.4. The van der Waals surface area contributed by atoms with Gasteiger partial charge in [0.05, 0.1) is 15.6 Å². The fourth-order valence-electron chi connectivity index (χ4n) is 1.85. The van der Waals surface area contributed by atoms with E-state index < -0.39 is 4.92 Å². The fraction of sp³-hybridized carbons (Fsp3) is 0. The molecule has 0 amide bonds. The molecule has 2 aromatic carbocycles. The van der Waals surface area contributed by atoms with Gasteiger partial charge in [-0.05, 0) is 34.7 Å². The fourth-order valence-corrected chi connectivity index (χ4v) is 2.06. The van der Waals surface area contributed by atoms with E-state index in [0.717, 1.165) is 0 Å². The second-order valence-corrected chi connectivity index (χ2v) is 4.70. The Labute approximate surface area is 129 Å². The molecule has 110 valence electrons. The van der Waals surface area contributed by atoms with Crippen LogP contribution in [-0.4, -0.2) is 25.1 Å². The van der Waals surface area contributed by atoms with Gasteiger partial charge in [0.25, 0.3) is 11.6 Å². The number of hydrogen-bond acceptors (Lipinski definition) is 6. The van der Waals surface area contributed by atoms with Crippen molar-refractivity contribution in [3.63, 3.8) is 0 Å². The number of nitro groups is 1. The Morgan fingerprint density at radius 3 is 2.55 bits per heavy atom. The topological polar surface area (TPSA) is 98.8 Å². The van der Waals surface area contributed by atoms with E-state index >= 15 is 0 Å². The maximum atomic E-state index is 10.6. The van der Waals surface area contributed by atoms with Crippen LogP contribution in [0.25, 0.3) is 5.69 Å². The number of anilines is 2. The molecule has 0 aliphatic heterocycles. The molecular formula is C13H9ClN6O2. The molecule has 1 heterocycles. The summed E-state index contributed by atoms with van der Waals surface area (Å²) in [6.45, 7) is 0. The smallest absolute Gasteiger partial charge is 0.269 e. The summed E-state index contributed by atoms with van der Waals surface area (Å²) >= 11 is 6.13. The highest BCUT2D eigenvalue weighted by Gasteiger charge is 2.12. The lowest BCUT2D eigenvalue weighted by Crippen LogP contribution is -2.04. The van der Waals surface area contributed by atoms with Gasteiger partial charge in [-0.2, -0.15) is 4.68 Å². The minimum atomic E-state index is -0.461. The third kappa shape index (κ3) is 2.72. The number of nitro benzene ring substituents is 1. The van der Waals surface area contributed by atoms with Crippen LogP contribution in [0.2, 0.25) is 5.02 Å². The Balaban J connectivity index is 1.90. The van der Waals surface area contributed by atoms with Crippen LogP contribution in [0.15, 0.2) is 48.5 Å². The van der Waals surface area contributed by atoms with E-state index in [9.17, 15) is 10.1 Å². The van der Waals surface area contributed by atoms with Gasteiger partial charge in [-0.25, -0.2) is 0 Å². The van der Waals surface area contributed by atoms with Gasteiger partial charge in [0, 0.05) is 17.8 Å². The van der Waals surface area contributed by atoms with Gasteiger partial charge in [-0.15, -0.1) is 0 Å². The molecule has 3 rings (SSSR count). The van der Waals surface area contributed by atoms with Crippen LogP contribution in [0.4, 0.5) is 17.3 Å². The van der Waals surface area contributed by atoms with Crippen molar-refractivity contribution in [2.75, 3.05) is 5.32 Å². The van der Waals surface area contributed by atoms with Crippen molar-refractivity contribution in [1.82, 2.24) is 20.2 Å². The maximum Gasteiger partial charge on any atom is 0.269 e. The molecule has 1 aromatic heterocycles. The van der Waals surface area contributed by atoms with Crippen molar-refractivity contribution in [3.05, 3.63) is 63.7 Å². The zero-order chi connectivity index (χ0) is 15.5. The molecule has 0 unspecified atom stereocenters. The van der Waals surface area contributed by atoms with Crippen LogP contribution in [0.5, 0.6) is 0 Å². The summed E-state index contributed by atoms with van der Waals surface area (Å²) in [5.41, 5.74) is 1.25. The van der Waals surface area contributed by atoms with E-state index in [2.05, 4.69) is 20.8 Å². The van der Waals surface area contributed by atoms with Crippen LogP contribution in [0.1, 0.15) is 0 Å². The summed E-state index contributed by atoms with van der Waals surface area (Å²) in [7, 11) is 0. The number of hydrogen-bond donors (Lipinski definition) is 1. The molecular weight excluding hydrogens is 308 g/mol. The molecule has 0 radical (unpaired) electrons. The van der Waals surface area contributed by atoms with Gasteiger partial charge >= 0.3 is 0 Å². The quantitative estimate of drug-likeness (QED) is 0.587. The van der Waals surface area contributed by atoms with Crippen molar-refractivity contribution >= 4 is 28.9 Å². The number of aromatic nitrogens is 4. The first-order valence-electron chi connectivity index (χ1n) is 6.20. The van der Waals surface area contributed by atoms with Crippen LogP contribution >= 0.6 is 11.6 Å². The Bertz CT molecular complexity index is 817. The molecule has 0 bridgehead atoms. The van der Waals surface area contributed by atoms with Crippen molar-refractivity contribution in [1.29, 1.82) is 0 Å². The molecule has 3 aromatic rings. The standard InChI is InChI=1S/C13H9ClN6O2/c14-11-3-1-2-4-12(11)19-13(16-17-18-19)15-9-5-7-10(8-6-9)20(21)22/h1-8H,(H,15,16,18). The summed E-state index contributed by atoms with van der Waals surface area (Å²) in [6, 6.07) is 13.1. The van der Waals surface area contributed by atoms with Gasteiger partial charge in [0.1, 0.15) is 0 Å². The van der Waals surface area contributed by atoms with Crippen LogP contribution in [0.3, 0.4) is 0 Å². The van der Waals surface area contributed by atoms with Crippen LogP contribution in [0, 0.1) is 10.1 Å². The minimum absolute atomic E-state index is 0.0104. The molecule has 22 heavy (non-hydrogen) atoms. The number of para-hydroxylation sites is 1. The summed E-state index contributed by atoms with van der Waals surface area (Å²) < 4.78 is 1.45. The Hall–Kier alpha value is -3.00. The molecule has 0 fully saturated rings. The number of benzene rings is 2. The first-order chi connectivity index (χ1) is 10.6. The first kappa shape index (κ1) is 14.0. The molecule has 1 N–H and O–H groups in total. The van der Waals surface area contributed by atoms with E-state index in [-0.39, 0.29) is 5.69 Å². The van der Waals surface area contributed by atoms with E-state index in [1.165, 1.54) is 16.8 Å². The second-order valence-electron chi connectivity index (χ2n) is 4.29. The molecule has 0 spiro atoms. The predicted octanol–water partition coefficient (Wildman–Crippen LogP) is 2.97. The monoisotopic (exact) mass is 316 g/mol. The van der Waals surface area contributed by atoms with Crippen LogP contribution < -0.4 is 5.32 Å². The third-order valence-corrected chi connectivity index (χ3v) is 3.20. The molecule has 9 heteroatoms. The predicted molar refractivity (Wildman–Crippen MR) is 80.5 cm³/mol. The van der Waals surface area contributed by atoms with Crippen molar-refractivity contribution in [2.24, 2.45) is 0 Å². The molecule has 0 aliphatic carbocycles. The number of halogens is 1. The van der Waals surface area contributed by atoms with Gasteiger partial charge in [-0.3, -0.25) is 10.1 Å². The number of rotatable bonds is 4. The lowest BCUT2D eigenvalue weighted by atomic mass is 10.3. The summed E-state index contributed by atoms with van der Waals surface area (Å²) in [6.07, 6.45) is 0. The summed E-state index contributed by atoms with van der Waals surface area (Å²) in [5, 5.41) is 25.5. The second kappa shape index (κ2) is 5.78. The lowest BCUT2D eigenvalue weighted by Gasteiger charge is -2.08. The Morgan fingerprint density at radius 2 is 1.86 bits per heavy atom. The van der Waals surface area contributed by atoms with Gasteiger partial charge < -0.3 is 5.32 Å². The van der Waals surface area contributed by atoms with E-state index in [4.69, 9.17) is 11.6 Å². The first-order valence-corrected chi connectivity index (χ1v) is 6.58. The SMILES string of the molecule is O=[N+]([O-])c1ccc(Nc2nnnn2-c2ccccc2Cl)cc1. The Kier molecular flexibility index (Phi) is 3.67. The highest BCUT2D eigenvalue weighted by Crippen LogP contribution is 2.23. The van der Waals surface area contributed by atoms with E-state index in [0.29, 0.717) is 22.3 Å². The number of non-ortho nitro benzene ring substituents is 1. The minimum Gasteiger partial charge on any atom is -0.323 e. The largest absolute Gasteiger partial charge is 0.323 e. The number of nitrogens with zero attached hydrogens (tertiary/aromatic N) is 5. The number of nitrogens with one attached hydrogen (secondary N) is 1. The molecule has 0 aliphatic rings. The average Bonchev–Trinajstić information content (AvgIpc) is 2.96. The molecule has 0 atom stereocenters. The Morgan fingerprint density at radius 1 is 1.14 bits per heavy atom. The van der Waals surface area contributed by atoms with Crippen molar-refractivity contribution in [2.45, 2.75) is 0 Å². The summed E-state index contributed by atoms with van der Waals surface area (Å²) in [5.74, 6) is 0.349.